The van der Waals surface area contributed by atoms with E-state index in [1.165, 1.54) is 17.8 Å². The zero-order valence-corrected chi connectivity index (χ0v) is 19.2. The quantitative estimate of drug-likeness (QED) is 0.314. The molecule has 0 aliphatic heterocycles. The number of thioether (sulfide) groups is 1. The summed E-state index contributed by atoms with van der Waals surface area (Å²) in [5.74, 6) is 0.109. The Morgan fingerprint density at radius 1 is 1.12 bits per heavy atom. The Labute approximate surface area is 195 Å². The molecule has 2 aromatic carbocycles. The maximum absolute atomic E-state index is 12.7. The van der Waals surface area contributed by atoms with Crippen molar-refractivity contribution in [2.45, 2.75) is 31.6 Å². The molecule has 0 unspecified atom stereocenters. The van der Waals surface area contributed by atoms with Crippen LogP contribution in [0.5, 0.6) is 0 Å². The Kier molecular flexibility index (Phi) is 6.29. The minimum atomic E-state index is -0.413. The van der Waals surface area contributed by atoms with Gasteiger partial charge in [0.25, 0.3) is 5.91 Å². The Hall–Kier alpha value is -3.89. The first-order chi connectivity index (χ1) is 15.9. The van der Waals surface area contributed by atoms with E-state index in [0.29, 0.717) is 38.9 Å². The van der Waals surface area contributed by atoms with E-state index in [-0.39, 0.29) is 5.91 Å². The molecule has 0 radical (unpaired) electrons. The van der Waals surface area contributed by atoms with Crippen LogP contribution in [0.1, 0.15) is 38.3 Å². The minimum absolute atomic E-state index is 0.308. The molecule has 1 amide bonds. The predicted octanol–water partition coefficient (Wildman–Crippen LogP) is 5.53. The number of nitrogens with zero attached hydrogens (tertiary/aromatic N) is 2. The number of fused-ring (bicyclic) bond motifs is 1. The van der Waals surface area contributed by atoms with Gasteiger partial charge in [-0.3, -0.25) is 4.79 Å². The number of hydrogen-bond donors (Lipinski definition) is 1. The van der Waals surface area contributed by atoms with Crippen molar-refractivity contribution in [3.8, 4) is 6.07 Å². The number of amides is 1. The molecule has 7 heteroatoms. The van der Waals surface area contributed by atoms with E-state index in [9.17, 15) is 14.9 Å². The predicted molar refractivity (Wildman–Crippen MR) is 130 cm³/mol. The van der Waals surface area contributed by atoms with Crippen molar-refractivity contribution in [2.75, 3.05) is 5.32 Å². The molecule has 1 N–H and O–H groups in total. The van der Waals surface area contributed by atoms with Gasteiger partial charge in [0.15, 0.2) is 0 Å². The number of anilines is 1. The van der Waals surface area contributed by atoms with Crippen LogP contribution in [0.4, 0.5) is 5.69 Å². The number of benzene rings is 2. The second-order valence-corrected chi connectivity index (χ2v) is 8.63. The Bertz CT molecular complexity index is 1470. The maximum atomic E-state index is 12.7. The second kappa shape index (κ2) is 9.31. The lowest BCUT2D eigenvalue weighted by molar-refractivity contribution is 0.102. The molecule has 4 aromatic rings. The van der Waals surface area contributed by atoms with Crippen molar-refractivity contribution in [1.82, 2.24) is 4.98 Å². The molecule has 2 heterocycles. The number of aromatic nitrogens is 1. The van der Waals surface area contributed by atoms with Crippen molar-refractivity contribution >= 4 is 34.3 Å². The third-order valence-corrected chi connectivity index (χ3v) is 6.50. The zero-order valence-electron chi connectivity index (χ0n) is 18.4. The van der Waals surface area contributed by atoms with Crippen LogP contribution < -0.4 is 10.9 Å². The molecular weight excluding hydrogens is 434 g/mol. The molecule has 0 aliphatic rings. The largest absolute Gasteiger partial charge is 0.422 e. The van der Waals surface area contributed by atoms with Crippen LogP contribution >= 0.6 is 11.8 Å². The molecule has 33 heavy (non-hydrogen) atoms. The van der Waals surface area contributed by atoms with Gasteiger partial charge < -0.3 is 9.73 Å². The van der Waals surface area contributed by atoms with E-state index < -0.39 is 5.63 Å². The standard InChI is InChI=1S/C26H21N3O3S/c1-15-9-10-21-19(12-23(30)32-24(21)16(15)2)14-33-26-18(13-27)11-22(17(3)28-26)25(31)29-20-7-5-4-6-8-20/h4-12H,14H2,1-3H3,(H,29,31). The summed E-state index contributed by atoms with van der Waals surface area (Å²) < 4.78 is 5.44. The Morgan fingerprint density at radius 3 is 2.61 bits per heavy atom. The summed E-state index contributed by atoms with van der Waals surface area (Å²) in [6.45, 7) is 5.64. The van der Waals surface area contributed by atoms with Gasteiger partial charge in [0, 0.05) is 22.9 Å². The number of carbonyl (C=O) groups is 1. The maximum Gasteiger partial charge on any atom is 0.336 e. The summed E-state index contributed by atoms with van der Waals surface area (Å²) in [6, 6.07) is 18.2. The highest BCUT2D eigenvalue weighted by Crippen LogP contribution is 2.30. The van der Waals surface area contributed by atoms with Gasteiger partial charge in [-0.25, -0.2) is 9.78 Å². The van der Waals surface area contributed by atoms with Gasteiger partial charge in [-0.05, 0) is 55.7 Å². The van der Waals surface area contributed by atoms with Crippen molar-refractivity contribution in [3.63, 3.8) is 0 Å². The van der Waals surface area contributed by atoms with Gasteiger partial charge >= 0.3 is 5.63 Å². The summed E-state index contributed by atoms with van der Waals surface area (Å²) in [5.41, 5.74) is 4.79. The molecule has 0 spiro atoms. The number of nitrogens with one attached hydrogen (secondary N) is 1. The number of hydrogen-bond acceptors (Lipinski definition) is 6. The van der Waals surface area contributed by atoms with E-state index in [1.54, 1.807) is 25.1 Å². The summed E-state index contributed by atoms with van der Waals surface area (Å²) in [7, 11) is 0. The van der Waals surface area contributed by atoms with Gasteiger partial charge in [-0.1, -0.05) is 30.3 Å². The number of pyridine rings is 1. The lowest BCUT2D eigenvalue weighted by Gasteiger charge is -2.12. The zero-order chi connectivity index (χ0) is 23.5. The van der Waals surface area contributed by atoms with Gasteiger partial charge in [0.1, 0.15) is 16.7 Å². The van der Waals surface area contributed by atoms with E-state index in [0.717, 1.165) is 22.1 Å². The van der Waals surface area contributed by atoms with E-state index in [4.69, 9.17) is 4.42 Å². The molecule has 0 saturated heterocycles. The first-order valence-electron chi connectivity index (χ1n) is 10.3. The van der Waals surface area contributed by atoms with Crippen molar-refractivity contribution in [1.29, 1.82) is 5.26 Å². The van der Waals surface area contributed by atoms with Crippen LogP contribution in [0.2, 0.25) is 0 Å². The monoisotopic (exact) mass is 455 g/mol. The third kappa shape index (κ3) is 4.66. The Morgan fingerprint density at radius 2 is 1.88 bits per heavy atom. The number of aryl methyl sites for hydroxylation is 3. The first-order valence-corrected chi connectivity index (χ1v) is 11.3. The molecule has 0 atom stereocenters. The van der Waals surface area contributed by atoms with Gasteiger partial charge in [-0.2, -0.15) is 5.26 Å². The molecule has 0 aliphatic carbocycles. The van der Waals surface area contributed by atoms with Gasteiger partial charge in [-0.15, -0.1) is 11.8 Å². The van der Waals surface area contributed by atoms with Crippen LogP contribution in [0.15, 0.2) is 68.8 Å². The number of carbonyl (C=O) groups excluding carboxylic acids is 1. The third-order valence-electron chi connectivity index (χ3n) is 5.46. The molecule has 4 rings (SSSR count). The molecule has 2 aromatic heterocycles. The lowest BCUT2D eigenvalue weighted by atomic mass is 10.0. The Balaban J connectivity index is 1.63. The second-order valence-electron chi connectivity index (χ2n) is 7.67. The SMILES string of the molecule is Cc1ccc2c(CSc3nc(C)c(C(=O)Nc4ccccc4)cc3C#N)cc(=O)oc2c1C. The summed E-state index contributed by atoms with van der Waals surface area (Å²) >= 11 is 1.35. The molecule has 0 saturated carbocycles. The highest BCUT2D eigenvalue weighted by atomic mass is 32.2. The van der Waals surface area contributed by atoms with Crippen LogP contribution in [0.25, 0.3) is 11.0 Å². The number of nitriles is 1. The first kappa shape index (κ1) is 22.3. The molecule has 0 fully saturated rings. The smallest absolute Gasteiger partial charge is 0.336 e. The van der Waals surface area contributed by atoms with E-state index in [1.807, 2.05) is 44.2 Å². The molecular formula is C26H21N3O3S. The van der Waals surface area contributed by atoms with Crippen molar-refractivity contribution < 1.29 is 9.21 Å². The average Bonchev–Trinajstić information content (AvgIpc) is 2.80. The lowest BCUT2D eigenvalue weighted by Crippen LogP contribution is -2.15. The van der Waals surface area contributed by atoms with Crippen LogP contribution in [0, 0.1) is 32.1 Å². The summed E-state index contributed by atoms with van der Waals surface area (Å²) in [5, 5.41) is 13.9. The fourth-order valence-electron chi connectivity index (χ4n) is 3.51. The van der Waals surface area contributed by atoms with Crippen LogP contribution in [-0.4, -0.2) is 10.9 Å². The highest BCUT2D eigenvalue weighted by molar-refractivity contribution is 7.98. The number of rotatable bonds is 5. The van der Waals surface area contributed by atoms with E-state index in [2.05, 4.69) is 16.4 Å². The van der Waals surface area contributed by atoms with Crippen LogP contribution in [-0.2, 0) is 5.75 Å². The van der Waals surface area contributed by atoms with Crippen molar-refractivity contribution in [3.05, 3.63) is 98.5 Å². The van der Waals surface area contributed by atoms with E-state index >= 15 is 0 Å². The number of para-hydroxylation sites is 1. The van der Waals surface area contributed by atoms with Crippen LogP contribution in [0.3, 0.4) is 0 Å². The fourth-order valence-corrected chi connectivity index (χ4v) is 4.51. The normalized spacial score (nSPS) is 10.7. The van der Waals surface area contributed by atoms with Gasteiger partial charge in [0.05, 0.1) is 16.8 Å². The van der Waals surface area contributed by atoms with Gasteiger partial charge in [0.2, 0.25) is 0 Å². The topological polar surface area (TPSA) is 96.0 Å². The molecule has 164 valence electrons. The minimum Gasteiger partial charge on any atom is -0.422 e. The summed E-state index contributed by atoms with van der Waals surface area (Å²) in [4.78, 5) is 29.4. The fraction of sp³-hybridized carbons (Fsp3) is 0.154. The highest BCUT2D eigenvalue weighted by Gasteiger charge is 2.17. The van der Waals surface area contributed by atoms with Crippen molar-refractivity contribution in [2.24, 2.45) is 0 Å². The average molecular weight is 456 g/mol. The summed E-state index contributed by atoms with van der Waals surface area (Å²) in [6.07, 6.45) is 0. The molecule has 6 nitrogen and oxygen atoms in total. The molecule has 0 bridgehead atoms.